The first kappa shape index (κ1) is 20.8. The summed E-state index contributed by atoms with van der Waals surface area (Å²) in [5.41, 5.74) is 0.871. The number of allylic oxidation sites excluding steroid dienone is 3. The van der Waals surface area contributed by atoms with Gasteiger partial charge in [0.15, 0.2) is 14.1 Å². The lowest BCUT2D eigenvalue weighted by molar-refractivity contribution is -0.140. The zero-order chi connectivity index (χ0) is 18.0. The first-order valence-electron chi connectivity index (χ1n) is 9.13. The Morgan fingerprint density at radius 2 is 1.92 bits per heavy atom. The molecule has 1 aliphatic carbocycles. The normalized spacial score (nSPS) is 18.2. The third-order valence-corrected chi connectivity index (χ3v) is 9.62. The van der Waals surface area contributed by atoms with Gasteiger partial charge < -0.3 is 9.16 Å². The molecule has 0 aromatic carbocycles. The lowest BCUT2D eigenvalue weighted by Crippen LogP contribution is -2.39. The fourth-order valence-electron chi connectivity index (χ4n) is 3.06. The zero-order valence-corrected chi connectivity index (χ0v) is 16.6. The van der Waals surface area contributed by atoms with Gasteiger partial charge >= 0.3 is 5.97 Å². The summed E-state index contributed by atoms with van der Waals surface area (Å²) in [4.78, 5) is 23.2. The molecule has 1 rings (SSSR count). The molecular weight excluding hydrogens is 320 g/mol. The molecule has 5 heteroatoms. The lowest BCUT2D eigenvalue weighted by Gasteiger charge is -2.30. The van der Waals surface area contributed by atoms with Crippen LogP contribution in [0.3, 0.4) is 0 Å². The second-order valence-electron chi connectivity index (χ2n) is 6.36. The molecule has 0 spiro atoms. The number of ketones is 1. The lowest BCUT2D eigenvalue weighted by atomic mass is 10.1. The Morgan fingerprint density at radius 3 is 2.50 bits per heavy atom. The number of carbonyl (C=O) groups is 2. The quantitative estimate of drug-likeness (QED) is 0.237. The van der Waals surface area contributed by atoms with Crippen molar-refractivity contribution in [2.75, 3.05) is 7.11 Å². The Morgan fingerprint density at radius 1 is 1.25 bits per heavy atom. The SMILES string of the molecule is CC[Si](CC)(CC)O[C@H]1C=C(C/C=C\CCCC(=O)OC)C(=O)C1. The average Bonchev–Trinajstić information content (AvgIpc) is 2.94. The van der Waals surface area contributed by atoms with E-state index in [1.54, 1.807) is 0 Å². The third-order valence-electron chi connectivity index (χ3n) is 4.95. The molecule has 0 bridgehead atoms. The van der Waals surface area contributed by atoms with Crippen LogP contribution in [-0.4, -0.2) is 33.3 Å². The molecule has 0 aromatic rings. The minimum absolute atomic E-state index is 0.0215. The summed E-state index contributed by atoms with van der Waals surface area (Å²) in [5, 5.41) is 0. The standard InChI is InChI=1S/C19H32O4Si/c1-5-24(6-2,7-3)23-17-14-16(18(20)15-17)12-10-8-9-11-13-19(21)22-4/h8,10,14,17H,5-7,9,11-13,15H2,1-4H3/b10-8-/t17-/m0/s1. The molecule has 0 aromatic heterocycles. The highest BCUT2D eigenvalue weighted by Gasteiger charge is 2.34. The Bertz CT molecular complexity index is 469. The van der Waals surface area contributed by atoms with Crippen LogP contribution < -0.4 is 0 Å². The van der Waals surface area contributed by atoms with Crippen LogP contribution in [0, 0.1) is 0 Å². The molecule has 0 radical (unpaired) electrons. The van der Waals surface area contributed by atoms with Crippen molar-refractivity contribution in [3.63, 3.8) is 0 Å². The maximum Gasteiger partial charge on any atom is 0.305 e. The second kappa shape index (κ2) is 10.6. The van der Waals surface area contributed by atoms with E-state index in [1.165, 1.54) is 7.11 Å². The summed E-state index contributed by atoms with van der Waals surface area (Å²) >= 11 is 0. The van der Waals surface area contributed by atoms with E-state index in [9.17, 15) is 9.59 Å². The van der Waals surface area contributed by atoms with Crippen molar-refractivity contribution in [2.45, 2.75) is 77.1 Å². The van der Waals surface area contributed by atoms with Crippen LogP contribution in [0.2, 0.25) is 18.1 Å². The van der Waals surface area contributed by atoms with E-state index in [1.807, 2.05) is 18.2 Å². The molecule has 0 unspecified atom stereocenters. The van der Waals surface area contributed by atoms with Gasteiger partial charge in [0, 0.05) is 12.8 Å². The third kappa shape index (κ3) is 6.36. The van der Waals surface area contributed by atoms with Crippen molar-refractivity contribution in [3.8, 4) is 0 Å². The Kier molecular flexibility index (Phi) is 9.22. The summed E-state index contributed by atoms with van der Waals surface area (Å²) in [7, 11) is -0.259. The summed E-state index contributed by atoms with van der Waals surface area (Å²) < 4.78 is 11.0. The van der Waals surface area contributed by atoms with Crippen LogP contribution in [0.5, 0.6) is 0 Å². The average molecular weight is 353 g/mol. The molecule has 0 aliphatic heterocycles. The van der Waals surface area contributed by atoms with Crippen LogP contribution in [0.15, 0.2) is 23.8 Å². The molecule has 136 valence electrons. The number of rotatable bonds is 11. The van der Waals surface area contributed by atoms with Gasteiger partial charge in [0.05, 0.1) is 13.2 Å². The van der Waals surface area contributed by atoms with E-state index in [2.05, 4.69) is 25.5 Å². The molecule has 0 heterocycles. The minimum Gasteiger partial charge on any atom is -0.469 e. The van der Waals surface area contributed by atoms with Gasteiger partial charge in [0.1, 0.15) is 0 Å². The van der Waals surface area contributed by atoms with E-state index in [0.29, 0.717) is 19.3 Å². The molecule has 0 saturated carbocycles. The molecule has 1 atom stereocenters. The predicted octanol–water partition coefficient (Wildman–Crippen LogP) is 4.57. The summed E-state index contributed by atoms with van der Waals surface area (Å²) in [5.74, 6) is 0.0397. The van der Waals surface area contributed by atoms with Crippen molar-refractivity contribution < 1.29 is 18.8 Å². The number of ether oxygens (including phenoxy) is 1. The van der Waals surface area contributed by atoms with Crippen molar-refractivity contribution in [2.24, 2.45) is 0 Å². The summed E-state index contributed by atoms with van der Waals surface area (Å²) in [6, 6.07) is 3.32. The van der Waals surface area contributed by atoms with Crippen molar-refractivity contribution in [3.05, 3.63) is 23.8 Å². The van der Waals surface area contributed by atoms with E-state index < -0.39 is 8.32 Å². The number of hydrogen-bond acceptors (Lipinski definition) is 4. The number of methoxy groups -OCH3 is 1. The van der Waals surface area contributed by atoms with Crippen LogP contribution >= 0.6 is 0 Å². The highest BCUT2D eigenvalue weighted by atomic mass is 28.4. The summed E-state index contributed by atoms with van der Waals surface area (Å²) in [6.07, 6.45) is 9.28. The number of Topliss-reactive ketones (excluding diaryl/α,β-unsaturated/α-hetero) is 1. The second-order valence-corrected chi connectivity index (χ2v) is 11.1. The van der Waals surface area contributed by atoms with Crippen molar-refractivity contribution in [1.29, 1.82) is 0 Å². The van der Waals surface area contributed by atoms with Crippen LogP contribution in [0.25, 0.3) is 0 Å². The first-order valence-corrected chi connectivity index (χ1v) is 11.7. The van der Waals surface area contributed by atoms with Gasteiger partial charge in [-0.25, -0.2) is 0 Å². The Hall–Kier alpha value is -1.20. The smallest absolute Gasteiger partial charge is 0.305 e. The minimum atomic E-state index is -1.66. The Labute approximate surface area is 147 Å². The highest BCUT2D eigenvalue weighted by molar-refractivity contribution is 6.73. The molecule has 0 saturated heterocycles. The van der Waals surface area contributed by atoms with Crippen LogP contribution in [-0.2, 0) is 18.8 Å². The van der Waals surface area contributed by atoms with Gasteiger partial charge in [0.25, 0.3) is 0 Å². The number of hydrogen-bond donors (Lipinski definition) is 0. The topological polar surface area (TPSA) is 52.6 Å². The summed E-state index contributed by atoms with van der Waals surface area (Å²) in [6.45, 7) is 6.62. The van der Waals surface area contributed by atoms with Crippen LogP contribution in [0.4, 0.5) is 0 Å². The van der Waals surface area contributed by atoms with Gasteiger partial charge in [-0.05, 0) is 49.0 Å². The van der Waals surface area contributed by atoms with Gasteiger partial charge in [-0.3, -0.25) is 9.59 Å². The number of carbonyl (C=O) groups excluding carboxylic acids is 2. The fourth-order valence-corrected chi connectivity index (χ4v) is 5.86. The van der Waals surface area contributed by atoms with E-state index >= 15 is 0 Å². The van der Waals surface area contributed by atoms with Gasteiger partial charge in [0.2, 0.25) is 0 Å². The number of unbranched alkanes of at least 4 members (excludes halogenated alkanes) is 1. The number of esters is 1. The molecule has 0 amide bonds. The predicted molar refractivity (Wildman–Crippen MR) is 99.4 cm³/mol. The van der Waals surface area contributed by atoms with Gasteiger partial charge in [-0.1, -0.05) is 32.9 Å². The molecule has 24 heavy (non-hydrogen) atoms. The fraction of sp³-hybridized carbons (Fsp3) is 0.684. The van der Waals surface area contributed by atoms with Gasteiger partial charge in [-0.2, -0.15) is 0 Å². The molecule has 4 nitrogen and oxygen atoms in total. The maximum atomic E-state index is 12.2. The molecular formula is C19H32O4Si. The molecule has 1 aliphatic rings. The monoisotopic (exact) mass is 352 g/mol. The van der Waals surface area contributed by atoms with E-state index in [4.69, 9.17) is 4.43 Å². The molecule has 0 fully saturated rings. The van der Waals surface area contributed by atoms with E-state index in [0.717, 1.165) is 36.5 Å². The van der Waals surface area contributed by atoms with Crippen LogP contribution in [0.1, 0.15) is 52.9 Å². The Balaban J connectivity index is 2.45. The largest absolute Gasteiger partial charge is 0.469 e. The first-order chi connectivity index (χ1) is 11.5. The van der Waals surface area contributed by atoms with Crippen molar-refractivity contribution in [1.82, 2.24) is 0 Å². The maximum absolute atomic E-state index is 12.2. The van der Waals surface area contributed by atoms with Crippen molar-refractivity contribution >= 4 is 20.1 Å². The van der Waals surface area contributed by atoms with E-state index in [-0.39, 0.29) is 17.9 Å². The zero-order valence-electron chi connectivity index (χ0n) is 15.6. The highest BCUT2D eigenvalue weighted by Crippen LogP contribution is 2.29. The molecule has 0 N–H and O–H groups in total. The van der Waals surface area contributed by atoms with Gasteiger partial charge in [-0.15, -0.1) is 0 Å².